The van der Waals surface area contributed by atoms with E-state index >= 15 is 0 Å². The van der Waals surface area contributed by atoms with Gasteiger partial charge in [0.25, 0.3) is 11.8 Å². The zero-order chi connectivity index (χ0) is 25.7. The minimum absolute atomic E-state index is 0.0515. The summed E-state index contributed by atoms with van der Waals surface area (Å²) in [6.07, 6.45) is -0.630. The number of benzene rings is 1. The van der Waals surface area contributed by atoms with Crippen LogP contribution >= 0.6 is 23.2 Å². The maximum atomic E-state index is 13.2. The Balaban J connectivity index is 2.25. The van der Waals surface area contributed by atoms with Gasteiger partial charge < -0.3 is 25.6 Å². The standard InChI is InChI=1S/C20H22Cl2N4O8/c1-9(18(32)23-11(8-27)7-16(29)30)26-20(34)14(3-4-15(28)25(26)2)24-19(33)10-5-12(21)17(31)13(22)6-10/h5-6,8-9,11,14,31H,3-4,7H2,1-2H3,(H,23,32)(H,24,33)(H,29,30)/t9?,11-,14-/m0/s1. The quantitative estimate of drug-likeness (QED) is 0.357. The fourth-order valence-corrected chi connectivity index (χ4v) is 3.73. The molecule has 1 heterocycles. The highest BCUT2D eigenvalue weighted by Gasteiger charge is 2.40. The molecule has 0 spiro atoms. The lowest BCUT2D eigenvalue weighted by Gasteiger charge is -2.35. The third-order valence-corrected chi connectivity index (χ3v) is 5.65. The van der Waals surface area contributed by atoms with Crippen molar-refractivity contribution < 1.29 is 39.0 Å². The summed E-state index contributed by atoms with van der Waals surface area (Å²) in [7, 11) is 1.27. The van der Waals surface area contributed by atoms with E-state index in [1.54, 1.807) is 0 Å². The maximum absolute atomic E-state index is 13.2. The third kappa shape index (κ3) is 6.14. The Morgan fingerprint density at radius 3 is 2.35 bits per heavy atom. The van der Waals surface area contributed by atoms with Crippen LogP contribution < -0.4 is 10.6 Å². The van der Waals surface area contributed by atoms with Crippen molar-refractivity contribution in [2.45, 2.75) is 44.3 Å². The predicted octanol–water partition coefficient (Wildman–Crippen LogP) is 0.340. The first kappa shape index (κ1) is 26.9. The molecule has 0 aliphatic carbocycles. The van der Waals surface area contributed by atoms with E-state index in [-0.39, 0.29) is 34.7 Å². The number of aliphatic carboxylic acids is 1. The highest BCUT2D eigenvalue weighted by Crippen LogP contribution is 2.32. The Morgan fingerprint density at radius 1 is 1.24 bits per heavy atom. The molecular formula is C20H22Cl2N4O8. The lowest BCUT2D eigenvalue weighted by atomic mass is 10.1. The molecule has 0 bridgehead atoms. The van der Waals surface area contributed by atoms with Crippen molar-refractivity contribution in [3.05, 3.63) is 27.7 Å². The largest absolute Gasteiger partial charge is 0.505 e. The van der Waals surface area contributed by atoms with Gasteiger partial charge >= 0.3 is 5.97 Å². The number of nitrogens with zero attached hydrogens (tertiary/aromatic N) is 2. The van der Waals surface area contributed by atoms with Gasteiger partial charge in [0, 0.05) is 19.0 Å². The van der Waals surface area contributed by atoms with E-state index in [0.29, 0.717) is 0 Å². The zero-order valence-electron chi connectivity index (χ0n) is 18.1. The number of nitrogens with one attached hydrogen (secondary N) is 2. The van der Waals surface area contributed by atoms with Gasteiger partial charge in [-0.3, -0.25) is 29.0 Å². The van der Waals surface area contributed by atoms with E-state index in [2.05, 4.69) is 10.6 Å². The molecule has 1 aliphatic heterocycles. The van der Waals surface area contributed by atoms with Crippen molar-refractivity contribution in [2.75, 3.05) is 7.05 Å². The first-order chi connectivity index (χ1) is 15.9. The molecule has 184 valence electrons. The molecule has 1 aromatic rings. The third-order valence-electron chi connectivity index (χ3n) is 5.07. The number of phenolic OH excluding ortho intramolecular Hbond substituents is 1. The van der Waals surface area contributed by atoms with Gasteiger partial charge in [-0.1, -0.05) is 23.2 Å². The van der Waals surface area contributed by atoms with Gasteiger partial charge in [0.2, 0.25) is 11.8 Å². The summed E-state index contributed by atoms with van der Waals surface area (Å²) in [6, 6.07) is -1.59. The Morgan fingerprint density at radius 2 is 1.82 bits per heavy atom. The van der Waals surface area contributed by atoms with Crippen LogP contribution in [0.4, 0.5) is 0 Å². The number of carboxylic acid groups (broad SMARTS) is 1. The van der Waals surface area contributed by atoms with E-state index in [9.17, 15) is 33.9 Å². The molecular weight excluding hydrogens is 495 g/mol. The SMILES string of the molecule is CC(C(=O)N[C@H](C=O)CC(=O)O)N1C(=O)[C@@H](NC(=O)c2cc(Cl)c(O)c(Cl)c2)CCC(=O)N1C. The van der Waals surface area contributed by atoms with E-state index in [1.165, 1.54) is 14.0 Å². The maximum Gasteiger partial charge on any atom is 0.305 e. The van der Waals surface area contributed by atoms with Crippen LogP contribution in [0.1, 0.15) is 36.5 Å². The van der Waals surface area contributed by atoms with Gasteiger partial charge in [0.1, 0.15) is 18.4 Å². The molecule has 0 aromatic heterocycles. The summed E-state index contributed by atoms with van der Waals surface area (Å²) in [5.41, 5.74) is -0.0515. The highest BCUT2D eigenvalue weighted by atomic mass is 35.5. The van der Waals surface area contributed by atoms with Crippen LogP contribution in [-0.4, -0.2) is 81.3 Å². The van der Waals surface area contributed by atoms with Crippen LogP contribution in [0, 0.1) is 0 Å². The molecule has 1 fully saturated rings. The fourth-order valence-electron chi connectivity index (χ4n) is 3.24. The highest BCUT2D eigenvalue weighted by molar-refractivity contribution is 6.37. The molecule has 0 saturated carbocycles. The number of aromatic hydroxyl groups is 1. The minimum atomic E-state index is -1.34. The minimum Gasteiger partial charge on any atom is -0.505 e. The number of aldehydes is 1. The molecule has 4 amide bonds. The monoisotopic (exact) mass is 516 g/mol. The van der Waals surface area contributed by atoms with Crippen molar-refractivity contribution in [2.24, 2.45) is 0 Å². The number of hydrogen-bond acceptors (Lipinski definition) is 7. The Bertz CT molecular complexity index is 1010. The van der Waals surface area contributed by atoms with Crippen LogP contribution in [0.2, 0.25) is 10.0 Å². The number of amides is 4. The molecule has 14 heteroatoms. The summed E-state index contributed by atoms with van der Waals surface area (Å²) in [4.78, 5) is 72.9. The predicted molar refractivity (Wildman–Crippen MR) is 118 cm³/mol. The Labute approximate surface area is 203 Å². The van der Waals surface area contributed by atoms with E-state index in [4.69, 9.17) is 28.3 Å². The lowest BCUT2D eigenvalue weighted by molar-refractivity contribution is -0.166. The molecule has 3 atom stereocenters. The van der Waals surface area contributed by atoms with Gasteiger partial charge in [0.15, 0.2) is 5.75 Å². The average Bonchev–Trinajstić information content (AvgIpc) is 2.87. The summed E-state index contributed by atoms with van der Waals surface area (Å²) >= 11 is 11.7. The summed E-state index contributed by atoms with van der Waals surface area (Å²) in [5, 5.41) is 24.6. The summed E-state index contributed by atoms with van der Waals surface area (Å²) in [6.45, 7) is 1.28. The number of hydrazine groups is 1. The fraction of sp³-hybridized carbons (Fsp3) is 0.400. The number of carbonyl (C=O) groups is 6. The topological polar surface area (TPSA) is 173 Å². The number of rotatable bonds is 8. The van der Waals surface area contributed by atoms with Gasteiger partial charge in [-0.15, -0.1) is 0 Å². The number of carboxylic acids is 1. The Kier molecular flexibility index (Phi) is 8.82. The average molecular weight is 517 g/mol. The van der Waals surface area contributed by atoms with E-state index < -0.39 is 59.9 Å². The molecule has 4 N–H and O–H groups in total. The molecule has 0 radical (unpaired) electrons. The van der Waals surface area contributed by atoms with Gasteiger partial charge in [-0.05, 0) is 25.5 Å². The second-order valence-corrected chi connectivity index (χ2v) is 8.29. The molecule has 1 unspecified atom stereocenters. The van der Waals surface area contributed by atoms with Crippen molar-refractivity contribution in [1.82, 2.24) is 20.7 Å². The van der Waals surface area contributed by atoms with Crippen molar-refractivity contribution in [3.8, 4) is 5.75 Å². The molecule has 2 rings (SSSR count). The molecule has 1 saturated heterocycles. The zero-order valence-corrected chi connectivity index (χ0v) is 19.6. The first-order valence-electron chi connectivity index (χ1n) is 9.93. The summed E-state index contributed by atoms with van der Waals surface area (Å²) < 4.78 is 0. The molecule has 1 aliphatic rings. The second-order valence-electron chi connectivity index (χ2n) is 7.48. The van der Waals surface area contributed by atoms with Crippen molar-refractivity contribution >= 4 is 59.1 Å². The lowest BCUT2D eigenvalue weighted by Crippen LogP contribution is -2.60. The van der Waals surface area contributed by atoms with Crippen LogP contribution in [0.3, 0.4) is 0 Å². The number of phenols is 1. The van der Waals surface area contributed by atoms with Crippen LogP contribution in [0.15, 0.2) is 12.1 Å². The molecule has 34 heavy (non-hydrogen) atoms. The normalized spacial score (nSPS) is 18.1. The smallest absolute Gasteiger partial charge is 0.305 e. The number of halogens is 2. The van der Waals surface area contributed by atoms with Gasteiger partial charge in [0.05, 0.1) is 22.5 Å². The molecule has 1 aromatic carbocycles. The van der Waals surface area contributed by atoms with Gasteiger partial charge in [-0.25, -0.2) is 5.01 Å². The van der Waals surface area contributed by atoms with E-state index in [0.717, 1.165) is 22.2 Å². The van der Waals surface area contributed by atoms with Gasteiger partial charge in [-0.2, -0.15) is 0 Å². The summed E-state index contributed by atoms with van der Waals surface area (Å²) in [5.74, 6) is -4.69. The van der Waals surface area contributed by atoms with Crippen LogP contribution in [0.5, 0.6) is 5.75 Å². The number of carbonyl (C=O) groups excluding carboxylic acids is 5. The van der Waals surface area contributed by atoms with Crippen molar-refractivity contribution in [1.29, 1.82) is 0 Å². The van der Waals surface area contributed by atoms with Crippen LogP contribution in [0.25, 0.3) is 0 Å². The first-order valence-corrected chi connectivity index (χ1v) is 10.7. The van der Waals surface area contributed by atoms with Crippen LogP contribution in [-0.2, 0) is 24.0 Å². The Hall–Kier alpha value is -3.38. The second kappa shape index (κ2) is 11.2. The molecule has 12 nitrogen and oxygen atoms in total. The number of hydrogen-bond donors (Lipinski definition) is 4. The van der Waals surface area contributed by atoms with Crippen molar-refractivity contribution in [3.63, 3.8) is 0 Å². The van der Waals surface area contributed by atoms with E-state index in [1.807, 2.05) is 0 Å².